The van der Waals surface area contributed by atoms with Crippen LogP contribution in [0.4, 0.5) is 11.8 Å². The summed E-state index contributed by atoms with van der Waals surface area (Å²) in [6.07, 6.45) is 0.878. The Kier molecular flexibility index (Phi) is 5.11. The molecular weight excluding hydrogens is 330 g/mol. The molecule has 1 fully saturated rings. The molecule has 0 aliphatic carbocycles. The van der Waals surface area contributed by atoms with E-state index in [1.54, 1.807) is 4.68 Å². The molecule has 3 rings (SSSR count). The lowest BCUT2D eigenvalue weighted by Crippen LogP contribution is -2.49. The van der Waals surface area contributed by atoms with Crippen LogP contribution in [0.2, 0.25) is 0 Å². The summed E-state index contributed by atoms with van der Waals surface area (Å²) in [5.41, 5.74) is 8.21. The maximum Gasteiger partial charge on any atom is 0.272 e. The molecule has 1 aliphatic heterocycles. The minimum absolute atomic E-state index is 0.0352. The van der Waals surface area contributed by atoms with Crippen molar-refractivity contribution < 1.29 is 4.79 Å². The molecule has 0 aromatic carbocycles. The van der Waals surface area contributed by atoms with Gasteiger partial charge in [-0.1, -0.05) is 13.8 Å². The zero-order chi connectivity index (χ0) is 18.8. The van der Waals surface area contributed by atoms with Gasteiger partial charge in [0, 0.05) is 45.0 Å². The number of aryl methyl sites for hydroxylation is 2. The van der Waals surface area contributed by atoms with Crippen LogP contribution in [0.5, 0.6) is 0 Å². The molecule has 1 aliphatic rings. The third kappa shape index (κ3) is 3.95. The van der Waals surface area contributed by atoms with E-state index in [9.17, 15) is 4.79 Å². The van der Waals surface area contributed by atoms with Gasteiger partial charge in [-0.25, -0.2) is 4.98 Å². The molecule has 0 bridgehead atoms. The van der Waals surface area contributed by atoms with Gasteiger partial charge >= 0.3 is 0 Å². The van der Waals surface area contributed by atoms with E-state index >= 15 is 0 Å². The first-order valence-corrected chi connectivity index (χ1v) is 9.01. The van der Waals surface area contributed by atoms with Gasteiger partial charge in [0.25, 0.3) is 5.91 Å². The van der Waals surface area contributed by atoms with E-state index in [0.717, 1.165) is 36.7 Å². The average molecular weight is 357 g/mol. The lowest BCUT2D eigenvalue weighted by Gasteiger charge is -2.35. The minimum atomic E-state index is 0.0352. The van der Waals surface area contributed by atoms with Crippen LogP contribution in [0.25, 0.3) is 0 Å². The second-order valence-corrected chi connectivity index (χ2v) is 7.25. The first-order chi connectivity index (χ1) is 12.3. The zero-order valence-corrected chi connectivity index (χ0v) is 15.9. The van der Waals surface area contributed by atoms with Crippen LogP contribution in [0.1, 0.15) is 35.7 Å². The number of nitrogen functional groups attached to an aromatic ring is 1. The second kappa shape index (κ2) is 7.31. The number of hydrogen-bond acceptors (Lipinski definition) is 6. The Labute approximate surface area is 154 Å². The molecule has 8 nitrogen and oxygen atoms in total. The molecule has 2 aromatic heterocycles. The Hall–Kier alpha value is -2.64. The maximum atomic E-state index is 12.9. The normalized spacial score (nSPS) is 15.0. The summed E-state index contributed by atoms with van der Waals surface area (Å²) in [5, 5.41) is 4.48. The molecule has 0 radical (unpaired) electrons. The molecule has 0 spiro atoms. The van der Waals surface area contributed by atoms with Crippen LogP contribution >= 0.6 is 0 Å². The van der Waals surface area contributed by atoms with Crippen molar-refractivity contribution in [3.63, 3.8) is 0 Å². The number of piperazine rings is 1. The Morgan fingerprint density at radius 2 is 1.88 bits per heavy atom. The van der Waals surface area contributed by atoms with E-state index in [1.807, 2.05) is 31.0 Å². The topological polar surface area (TPSA) is 93.2 Å². The van der Waals surface area contributed by atoms with E-state index in [-0.39, 0.29) is 11.9 Å². The smallest absolute Gasteiger partial charge is 0.272 e. The van der Waals surface area contributed by atoms with E-state index < -0.39 is 0 Å². The maximum absolute atomic E-state index is 12.9. The summed E-state index contributed by atoms with van der Waals surface area (Å²) >= 11 is 0. The van der Waals surface area contributed by atoms with Crippen molar-refractivity contribution in [1.29, 1.82) is 0 Å². The van der Waals surface area contributed by atoms with Gasteiger partial charge in [0.15, 0.2) is 0 Å². The molecule has 0 saturated carbocycles. The van der Waals surface area contributed by atoms with Crippen LogP contribution in [-0.2, 0) is 13.5 Å². The standard InChI is InChI=1S/C18H27N7O/c1-12(2)9-14-11-15(23(4)22-14)17(26)25-7-5-24(6-8-25)16-10-13(3)20-18(19)21-16/h10-12H,5-9H2,1-4H3,(H2,19,20,21). The number of aromatic nitrogens is 4. The average Bonchev–Trinajstić information content (AvgIpc) is 2.93. The Morgan fingerprint density at radius 3 is 2.50 bits per heavy atom. The van der Waals surface area contributed by atoms with E-state index in [1.165, 1.54) is 0 Å². The third-order valence-corrected chi connectivity index (χ3v) is 4.52. The van der Waals surface area contributed by atoms with Crippen LogP contribution in [0.3, 0.4) is 0 Å². The van der Waals surface area contributed by atoms with Crippen LogP contribution < -0.4 is 10.6 Å². The van der Waals surface area contributed by atoms with Crippen molar-refractivity contribution in [1.82, 2.24) is 24.6 Å². The van der Waals surface area contributed by atoms with Crippen molar-refractivity contribution in [2.45, 2.75) is 27.2 Å². The molecule has 26 heavy (non-hydrogen) atoms. The van der Waals surface area contributed by atoms with Gasteiger partial charge in [-0.05, 0) is 25.3 Å². The molecule has 1 amide bonds. The molecule has 140 valence electrons. The molecule has 0 atom stereocenters. The monoisotopic (exact) mass is 357 g/mol. The SMILES string of the molecule is Cc1cc(N2CCN(C(=O)c3cc(CC(C)C)nn3C)CC2)nc(N)n1. The fourth-order valence-electron chi connectivity index (χ4n) is 3.28. The first-order valence-electron chi connectivity index (χ1n) is 9.01. The highest BCUT2D eigenvalue weighted by atomic mass is 16.2. The number of carbonyl (C=O) groups is 1. The zero-order valence-electron chi connectivity index (χ0n) is 15.9. The van der Waals surface area contributed by atoms with E-state index in [2.05, 4.69) is 33.8 Å². The molecule has 8 heteroatoms. The van der Waals surface area contributed by atoms with Crippen molar-refractivity contribution in [3.05, 3.63) is 29.2 Å². The lowest BCUT2D eigenvalue weighted by molar-refractivity contribution is 0.0735. The molecule has 2 N–H and O–H groups in total. The van der Waals surface area contributed by atoms with Crippen molar-refractivity contribution >= 4 is 17.7 Å². The highest BCUT2D eigenvalue weighted by Crippen LogP contribution is 2.17. The molecular formula is C18H27N7O. The van der Waals surface area contributed by atoms with Gasteiger partial charge in [0.2, 0.25) is 5.95 Å². The number of amides is 1. The summed E-state index contributed by atoms with van der Waals surface area (Å²) in [6.45, 7) is 8.93. The molecule has 1 saturated heterocycles. The van der Waals surface area contributed by atoms with Crippen LogP contribution in [0.15, 0.2) is 12.1 Å². The van der Waals surface area contributed by atoms with E-state index in [0.29, 0.717) is 24.7 Å². The van der Waals surface area contributed by atoms with E-state index in [4.69, 9.17) is 5.73 Å². The third-order valence-electron chi connectivity index (χ3n) is 4.52. The fraction of sp³-hybridized carbons (Fsp3) is 0.556. The van der Waals surface area contributed by atoms with Gasteiger partial charge < -0.3 is 15.5 Å². The summed E-state index contributed by atoms with van der Waals surface area (Å²) in [5.74, 6) is 1.65. The van der Waals surface area contributed by atoms with Crippen molar-refractivity contribution in [2.24, 2.45) is 13.0 Å². The predicted molar refractivity (Wildman–Crippen MR) is 101 cm³/mol. The summed E-state index contributed by atoms with van der Waals surface area (Å²) in [6, 6.07) is 3.84. The van der Waals surface area contributed by atoms with Crippen LogP contribution in [-0.4, -0.2) is 56.7 Å². The predicted octanol–water partition coefficient (Wildman–Crippen LogP) is 1.26. The summed E-state index contributed by atoms with van der Waals surface area (Å²) in [4.78, 5) is 25.3. The minimum Gasteiger partial charge on any atom is -0.368 e. The van der Waals surface area contributed by atoms with Crippen molar-refractivity contribution in [2.75, 3.05) is 36.8 Å². The number of anilines is 2. The lowest BCUT2D eigenvalue weighted by atomic mass is 10.1. The molecule has 2 aromatic rings. The van der Waals surface area contributed by atoms with Crippen molar-refractivity contribution in [3.8, 4) is 0 Å². The highest BCUT2D eigenvalue weighted by Gasteiger charge is 2.25. The van der Waals surface area contributed by atoms with Gasteiger partial charge in [-0.2, -0.15) is 10.1 Å². The van der Waals surface area contributed by atoms with Crippen LogP contribution in [0, 0.1) is 12.8 Å². The Balaban J connectivity index is 1.66. The highest BCUT2D eigenvalue weighted by molar-refractivity contribution is 5.92. The van der Waals surface area contributed by atoms with Gasteiger partial charge in [0.1, 0.15) is 11.5 Å². The Morgan fingerprint density at radius 1 is 1.19 bits per heavy atom. The summed E-state index contributed by atoms with van der Waals surface area (Å²) < 4.78 is 1.70. The Bertz CT molecular complexity index is 771. The fourth-order valence-corrected chi connectivity index (χ4v) is 3.28. The summed E-state index contributed by atoms with van der Waals surface area (Å²) in [7, 11) is 1.83. The number of carbonyl (C=O) groups excluding carboxylic acids is 1. The number of hydrogen-bond donors (Lipinski definition) is 1. The largest absolute Gasteiger partial charge is 0.368 e. The molecule has 0 unspecified atom stereocenters. The van der Waals surface area contributed by atoms with Gasteiger partial charge in [0.05, 0.1) is 5.69 Å². The first kappa shape index (κ1) is 18.2. The quantitative estimate of drug-likeness (QED) is 0.885. The number of nitrogens with zero attached hydrogens (tertiary/aromatic N) is 6. The number of nitrogens with two attached hydrogens (primary N) is 1. The number of rotatable bonds is 4. The second-order valence-electron chi connectivity index (χ2n) is 7.25. The molecule has 3 heterocycles. The van der Waals surface area contributed by atoms with Gasteiger partial charge in [-0.3, -0.25) is 9.48 Å². The van der Waals surface area contributed by atoms with Gasteiger partial charge in [-0.15, -0.1) is 0 Å².